The Labute approximate surface area is 192 Å². The number of ether oxygens (including phenoxy) is 2. The molecule has 1 aliphatic carbocycles. The lowest BCUT2D eigenvalue weighted by atomic mass is 9.88. The van der Waals surface area contributed by atoms with Gasteiger partial charge in [0.1, 0.15) is 12.4 Å². The summed E-state index contributed by atoms with van der Waals surface area (Å²) in [5.41, 5.74) is 1.17. The van der Waals surface area contributed by atoms with E-state index in [1.807, 2.05) is 0 Å². The lowest BCUT2D eigenvalue weighted by molar-refractivity contribution is -0.120. The first-order valence-corrected chi connectivity index (χ1v) is 11.9. The molecule has 3 rings (SSSR count). The fraction of sp³-hybridized carbons (Fsp3) is 0.680. The van der Waals surface area contributed by atoms with E-state index in [1.54, 1.807) is 37.3 Å². The number of nitrogens with zero attached hydrogens (tertiary/aromatic N) is 2. The third-order valence-corrected chi connectivity index (χ3v) is 7.00. The van der Waals surface area contributed by atoms with E-state index in [0.29, 0.717) is 30.2 Å². The molecule has 1 N–H and O–H groups in total. The molecule has 7 heteroatoms. The summed E-state index contributed by atoms with van der Waals surface area (Å²) in [5.74, 6) is 0.789. The fourth-order valence-corrected chi connectivity index (χ4v) is 4.64. The highest BCUT2D eigenvalue weighted by atomic mass is 16.5. The van der Waals surface area contributed by atoms with Crippen molar-refractivity contribution in [2.75, 3.05) is 46.2 Å². The summed E-state index contributed by atoms with van der Waals surface area (Å²) < 4.78 is 11.9. The van der Waals surface area contributed by atoms with Crippen LogP contribution < -0.4 is 10.1 Å². The predicted octanol–water partition coefficient (Wildman–Crippen LogP) is 3.64. The van der Waals surface area contributed by atoms with Crippen LogP contribution in [0.4, 0.5) is 5.69 Å². The molecule has 0 aromatic heterocycles. The largest absolute Gasteiger partial charge is 0.491 e. The number of amides is 2. The fourth-order valence-electron chi connectivity index (χ4n) is 4.64. The number of hydrogen-bond donors (Lipinski definition) is 1. The smallest absolute Gasteiger partial charge is 0.257 e. The van der Waals surface area contributed by atoms with Crippen LogP contribution in [0.3, 0.4) is 0 Å². The van der Waals surface area contributed by atoms with E-state index in [1.165, 1.54) is 6.42 Å². The van der Waals surface area contributed by atoms with Gasteiger partial charge in [-0.25, -0.2) is 0 Å². The molecule has 178 valence electrons. The van der Waals surface area contributed by atoms with Gasteiger partial charge in [0.2, 0.25) is 5.91 Å². The van der Waals surface area contributed by atoms with Gasteiger partial charge in [-0.05, 0) is 44.9 Å². The first-order valence-electron chi connectivity index (χ1n) is 11.9. The second-order valence-corrected chi connectivity index (χ2v) is 9.57. The average Bonchev–Trinajstić information content (AvgIpc) is 2.80. The second kappa shape index (κ2) is 11.1. The number of carbonyl (C=O) groups is 2. The lowest BCUT2D eigenvalue weighted by Crippen LogP contribution is -2.45. The zero-order valence-electron chi connectivity index (χ0n) is 20.2. The molecular weight excluding hydrogens is 406 g/mol. The Morgan fingerprint density at radius 3 is 2.53 bits per heavy atom. The van der Waals surface area contributed by atoms with Crippen molar-refractivity contribution in [3.8, 4) is 5.75 Å². The van der Waals surface area contributed by atoms with Crippen molar-refractivity contribution in [2.24, 2.45) is 11.8 Å². The molecule has 7 nitrogen and oxygen atoms in total. The topological polar surface area (TPSA) is 71.1 Å². The van der Waals surface area contributed by atoms with Crippen LogP contribution in [0.25, 0.3) is 0 Å². The number of hydrogen-bond acceptors (Lipinski definition) is 5. The van der Waals surface area contributed by atoms with Crippen LogP contribution in [0.15, 0.2) is 18.2 Å². The molecule has 1 heterocycles. The molecule has 1 saturated carbocycles. The van der Waals surface area contributed by atoms with E-state index in [9.17, 15) is 9.59 Å². The van der Waals surface area contributed by atoms with Gasteiger partial charge >= 0.3 is 0 Å². The zero-order valence-corrected chi connectivity index (χ0v) is 20.2. The highest BCUT2D eigenvalue weighted by molar-refractivity contribution is 5.98. The van der Waals surface area contributed by atoms with Crippen molar-refractivity contribution in [3.05, 3.63) is 23.8 Å². The monoisotopic (exact) mass is 445 g/mol. The summed E-state index contributed by atoms with van der Waals surface area (Å²) in [6.45, 7) is 6.05. The zero-order chi connectivity index (χ0) is 23.3. The first kappa shape index (κ1) is 24.5. The molecule has 0 saturated heterocycles. The van der Waals surface area contributed by atoms with E-state index >= 15 is 0 Å². The summed E-state index contributed by atoms with van der Waals surface area (Å²) in [7, 11) is 5.58. The minimum atomic E-state index is -0.110. The van der Waals surface area contributed by atoms with E-state index in [-0.39, 0.29) is 35.8 Å². The molecule has 32 heavy (non-hydrogen) atoms. The Bertz CT molecular complexity index is 793. The van der Waals surface area contributed by atoms with Gasteiger partial charge in [-0.2, -0.15) is 0 Å². The SMILES string of the molecule is CO[C@@H]1CN(C)C(=O)c2ccc(NC(=O)C3CCCCC3)cc2OC[C@@H](C)N(C)C[C@@H]1C. The summed E-state index contributed by atoms with van der Waals surface area (Å²) in [4.78, 5) is 29.9. The van der Waals surface area contributed by atoms with Gasteiger partial charge in [0.15, 0.2) is 0 Å². The minimum absolute atomic E-state index is 0.0588. The van der Waals surface area contributed by atoms with Gasteiger partial charge in [0, 0.05) is 51.0 Å². The third kappa shape index (κ3) is 6.01. The number of methoxy groups -OCH3 is 1. The Balaban J connectivity index is 1.84. The van der Waals surface area contributed by atoms with Crippen molar-refractivity contribution in [1.82, 2.24) is 9.80 Å². The standard InChI is InChI=1S/C25H39N3O4/c1-17-14-27(3)18(2)16-32-22-13-20(26-24(29)19-9-7-6-8-10-19)11-12-21(22)25(30)28(4)15-23(17)31-5/h11-13,17-19,23H,6-10,14-16H2,1-5H3,(H,26,29)/t17-,18+,23+/m0/s1. The molecule has 2 amide bonds. The molecule has 0 unspecified atom stereocenters. The highest BCUT2D eigenvalue weighted by Crippen LogP contribution is 2.29. The Hall–Kier alpha value is -2.12. The van der Waals surface area contributed by atoms with Crippen LogP contribution >= 0.6 is 0 Å². The van der Waals surface area contributed by atoms with Crippen LogP contribution in [0.5, 0.6) is 5.75 Å². The number of nitrogens with one attached hydrogen (secondary N) is 1. The normalized spacial score (nSPS) is 26.5. The van der Waals surface area contributed by atoms with Crippen molar-refractivity contribution in [3.63, 3.8) is 0 Å². The van der Waals surface area contributed by atoms with Gasteiger partial charge in [-0.3, -0.25) is 14.5 Å². The molecule has 2 aliphatic rings. The Morgan fingerprint density at radius 2 is 1.84 bits per heavy atom. The quantitative estimate of drug-likeness (QED) is 0.769. The van der Waals surface area contributed by atoms with E-state index in [2.05, 4.69) is 31.1 Å². The van der Waals surface area contributed by atoms with Crippen molar-refractivity contribution >= 4 is 17.5 Å². The average molecular weight is 446 g/mol. The van der Waals surface area contributed by atoms with E-state index in [0.717, 1.165) is 32.2 Å². The van der Waals surface area contributed by atoms with E-state index < -0.39 is 0 Å². The second-order valence-electron chi connectivity index (χ2n) is 9.57. The molecule has 1 aromatic rings. The summed E-state index contributed by atoms with van der Waals surface area (Å²) >= 11 is 0. The predicted molar refractivity (Wildman–Crippen MR) is 126 cm³/mol. The van der Waals surface area contributed by atoms with E-state index in [4.69, 9.17) is 9.47 Å². The number of benzene rings is 1. The van der Waals surface area contributed by atoms with Crippen molar-refractivity contribution < 1.29 is 19.1 Å². The molecule has 0 bridgehead atoms. The number of fused-ring (bicyclic) bond motifs is 1. The molecule has 0 spiro atoms. The van der Waals surface area contributed by atoms with Crippen molar-refractivity contribution in [2.45, 2.75) is 58.1 Å². The van der Waals surface area contributed by atoms with Crippen LogP contribution in [0.2, 0.25) is 0 Å². The summed E-state index contributed by atoms with van der Waals surface area (Å²) in [6.07, 6.45) is 5.26. The summed E-state index contributed by atoms with van der Waals surface area (Å²) in [6, 6.07) is 5.51. The van der Waals surface area contributed by atoms with Crippen LogP contribution in [-0.4, -0.2) is 74.7 Å². The maximum atomic E-state index is 13.2. The van der Waals surface area contributed by atoms with Gasteiger partial charge in [0.25, 0.3) is 5.91 Å². The maximum absolute atomic E-state index is 13.2. The Morgan fingerprint density at radius 1 is 1.12 bits per heavy atom. The van der Waals surface area contributed by atoms with Gasteiger partial charge < -0.3 is 19.7 Å². The van der Waals surface area contributed by atoms with Crippen LogP contribution in [0, 0.1) is 11.8 Å². The van der Waals surface area contributed by atoms with Gasteiger partial charge in [-0.1, -0.05) is 26.2 Å². The lowest BCUT2D eigenvalue weighted by Gasteiger charge is -2.34. The number of anilines is 1. The minimum Gasteiger partial charge on any atom is -0.491 e. The van der Waals surface area contributed by atoms with Gasteiger partial charge in [-0.15, -0.1) is 0 Å². The molecule has 3 atom stereocenters. The maximum Gasteiger partial charge on any atom is 0.257 e. The number of carbonyl (C=O) groups excluding carboxylic acids is 2. The molecule has 0 radical (unpaired) electrons. The van der Waals surface area contributed by atoms with Crippen LogP contribution in [0.1, 0.15) is 56.3 Å². The molecule has 1 fully saturated rings. The molecule has 1 aliphatic heterocycles. The number of likely N-dealkylation sites (N-methyl/N-ethyl adjacent to an activating group) is 2. The molecule has 1 aromatic carbocycles. The highest BCUT2D eigenvalue weighted by Gasteiger charge is 2.27. The Kier molecular flexibility index (Phi) is 8.54. The summed E-state index contributed by atoms with van der Waals surface area (Å²) in [5, 5.41) is 3.04. The van der Waals surface area contributed by atoms with Gasteiger partial charge in [0.05, 0.1) is 11.7 Å². The first-order chi connectivity index (χ1) is 15.3. The van der Waals surface area contributed by atoms with Crippen LogP contribution in [-0.2, 0) is 9.53 Å². The van der Waals surface area contributed by atoms with Crippen molar-refractivity contribution in [1.29, 1.82) is 0 Å². The third-order valence-electron chi connectivity index (χ3n) is 7.00. The number of rotatable bonds is 3. The molecular formula is C25H39N3O4.